The van der Waals surface area contributed by atoms with Crippen LogP contribution in [0.1, 0.15) is 11.1 Å². The first kappa shape index (κ1) is 9.59. The van der Waals surface area contributed by atoms with Crippen molar-refractivity contribution in [2.45, 2.75) is 0 Å². The molecule has 2 heteroatoms. The summed E-state index contributed by atoms with van der Waals surface area (Å²) in [5, 5.41) is 0. The van der Waals surface area contributed by atoms with Crippen molar-refractivity contribution in [3.05, 3.63) is 66.8 Å². The molecule has 0 aromatic heterocycles. The van der Waals surface area contributed by atoms with Crippen LogP contribution in [0.2, 0.25) is 0 Å². The van der Waals surface area contributed by atoms with Crippen molar-refractivity contribution in [1.82, 2.24) is 4.99 Å². The molecule has 17 heavy (non-hydrogen) atoms. The monoisotopic (exact) mass is 330 g/mol. The Kier molecular flexibility index (Phi) is 1.99. The van der Waals surface area contributed by atoms with Gasteiger partial charge in [0.25, 0.3) is 0 Å². The van der Waals surface area contributed by atoms with E-state index in [2.05, 4.69) is 54.6 Å². The van der Waals surface area contributed by atoms with Crippen molar-refractivity contribution in [3.63, 3.8) is 0 Å². The number of hydrogen-bond acceptors (Lipinski definition) is 1. The Labute approximate surface area is 110 Å². The third kappa shape index (κ3) is 1.40. The second-order valence-electron chi connectivity index (χ2n) is 4.09. The Balaban J connectivity index is 1.99. The van der Waals surface area contributed by atoms with Crippen molar-refractivity contribution in [2.24, 2.45) is 0 Å². The van der Waals surface area contributed by atoms with E-state index in [-0.39, 0.29) is 21.2 Å². The van der Waals surface area contributed by atoms with E-state index in [1.807, 2.05) is 0 Å². The fraction of sp³-hybridized carbons (Fsp3) is 0. The number of allylic oxidation sites excluding steroid dienone is 1. The van der Waals surface area contributed by atoms with Crippen LogP contribution >= 0.6 is 0 Å². The summed E-state index contributed by atoms with van der Waals surface area (Å²) in [6.07, 6.45) is 2.32. The summed E-state index contributed by atoms with van der Waals surface area (Å²) in [6, 6.07) is 17.1. The molecule has 2 heterocycles. The molecule has 0 aliphatic carbocycles. The van der Waals surface area contributed by atoms with E-state index >= 15 is 0 Å². The molecule has 0 spiro atoms. The summed E-state index contributed by atoms with van der Waals surface area (Å²) in [4.78, 5) is 4.82. The normalized spacial score (nSPS) is 16.0. The van der Waals surface area contributed by atoms with Gasteiger partial charge < -0.3 is 0 Å². The number of nitrogens with zero attached hydrogens (tertiary/aromatic N) is 1. The summed E-state index contributed by atoms with van der Waals surface area (Å²) in [5.41, 5.74) is 4.93. The van der Waals surface area contributed by atoms with Gasteiger partial charge >= 0.3 is 110 Å². The number of para-hydroxylation sites is 1. The summed E-state index contributed by atoms with van der Waals surface area (Å²) in [6.45, 7) is 0. The minimum atomic E-state index is -0.0346. The van der Waals surface area contributed by atoms with E-state index in [0.29, 0.717) is 0 Å². The van der Waals surface area contributed by atoms with Crippen LogP contribution in [0.25, 0.3) is 6.08 Å². The van der Waals surface area contributed by atoms with E-state index in [9.17, 15) is 0 Å². The van der Waals surface area contributed by atoms with Gasteiger partial charge in [-0.25, -0.2) is 0 Å². The van der Waals surface area contributed by atoms with Gasteiger partial charge in [0.1, 0.15) is 0 Å². The zero-order chi connectivity index (χ0) is 11.2. The van der Waals surface area contributed by atoms with E-state index in [4.69, 9.17) is 4.99 Å². The van der Waals surface area contributed by atoms with Gasteiger partial charge in [-0.05, 0) is 0 Å². The molecule has 0 amide bonds. The summed E-state index contributed by atoms with van der Waals surface area (Å²) in [7, 11) is 0. The first-order chi connectivity index (χ1) is 8.42. The molecule has 0 saturated carbocycles. The number of benzene rings is 2. The minimum absolute atomic E-state index is 0.0346. The van der Waals surface area contributed by atoms with Crippen LogP contribution in [0.15, 0.2) is 52.1 Å². The molecule has 2 aromatic carbocycles. The third-order valence-corrected chi connectivity index (χ3v) is 5.94. The fourth-order valence-electron chi connectivity index (χ4n) is 2.20. The van der Waals surface area contributed by atoms with Crippen LogP contribution in [0.5, 0.6) is 0 Å². The first-order valence-corrected chi connectivity index (χ1v) is 7.71. The number of hydrogen-bond donors (Lipinski definition) is 0. The molecule has 0 atom stereocenters. The van der Waals surface area contributed by atoms with Crippen LogP contribution in [0, 0.1) is 3.57 Å². The second-order valence-corrected chi connectivity index (χ2v) is 6.95. The van der Waals surface area contributed by atoms with Gasteiger partial charge in [0.05, 0.1) is 0 Å². The topological polar surface area (TPSA) is 14.1 Å². The molecule has 2 aliphatic rings. The Morgan fingerprint density at radius 2 is 1.71 bits per heavy atom. The molecule has 1 radical (unpaired) electrons. The zero-order valence-corrected chi connectivity index (χ0v) is 11.2. The van der Waals surface area contributed by atoms with Gasteiger partial charge in [0.15, 0.2) is 0 Å². The summed E-state index contributed by atoms with van der Waals surface area (Å²) >= 11 is -0.0346. The standard InChI is InChI=1S/C15H9IN/c1-4-8-14-10(5-1)9-13-15(17-14)11-6-2-3-7-12(11)16-13/h1-9H. The molecule has 0 N–H and O–H groups in total. The van der Waals surface area contributed by atoms with Crippen molar-refractivity contribution >= 4 is 17.5 Å². The Bertz CT molecular complexity index is 683. The number of halogens is 1. The third-order valence-electron chi connectivity index (χ3n) is 3.01. The van der Waals surface area contributed by atoms with Crippen molar-refractivity contribution in [3.8, 4) is 0 Å². The van der Waals surface area contributed by atoms with Crippen molar-refractivity contribution in [2.75, 3.05) is 0 Å². The predicted octanol–water partition coefficient (Wildman–Crippen LogP) is -0.230. The molecule has 4 rings (SSSR count). The first-order valence-electron chi connectivity index (χ1n) is 5.56. The summed E-state index contributed by atoms with van der Waals surface area (Å²) in [5.74, 6) is 0. The van der Waals surface area contributed by atoms with Gasteiger partial charge in [-0.1, -0.05) is 0 Å². The Morgan fingerprint density at radius 1 is 0.882 bits per heavy atom. The van der Waals surface area contributed by atoms with E-state index < -0.39 is 0 Å². The fourth-order valence-corrected chi connectivity index (χ4v) is 5.09. The van der Waals surface area contributed by atoms with Crippen LogP contribution < -0.4 is 26.2 Å². The van der Waals surface area contributed by atoms with E-state index in [1.165, 1.54) is 24.0 Å². The Hall–Kier alpha value is -1.42. The molecule has 1 nitrogen and oxygen atoms in total. The SMILES string of the molecule is C1=C2[I-]c3ccccc3C2=[N+]c2ccccc21. The van der Waals surface area contributed by atoms with Crippen molar-refractivity contribution in [1.29, 1.82) is 0 Å². The van der Waals surface area contributed by atoms with Gasteiger partial charge in [0.2, 0.25) is 0 Å². The van der Waals surface area contributed by atoms with Gasteiger partial charge in [-0.15, -0.1) is 0 Å². The van der Waals surface area contributed by atoms with Gasteiger partial charge in [0, 0.05) is 0 Å². The second kappa shape index (κ2) is 3.53. The summed E-state index contributed by atoms with van der Waals surface area (Å²) < 4.78 is 2.97. The average Bonchev–Trinajstić information content (AvgIpc) is 2.73. The molecule has 0 bridgehead atoms. The van der Waals surface area contributed by atoms with Crippen LogP contribution in [-0.2, 0) is 0 Å². The Morgan fingerprint density at radius 3 is 2.71 bits per heavy atom. The molecule has 2 aliphatic heterocycles. The molecule has 0 saturated heterocycles. The number of fused-ring (bicyclic) bond motifs is 4. The molecule has 2 aromatic rings. The van der Waals surface area contributed by atoms with E-state index in [1.54, 1.807) is 0 Å². The molecular formula is C15H9IN. The molecule has 0 unspecified atom stereocenters. The maximum atomic E-state index is 4.82. The van der Waals surface area contributed by atoms with Crippen LogP contribution in [-0.4, -0.2) is 5.71 Å². The van der Waals surface area contributed by atoms with Crippen LogP contribution in [0.3, 0.4) is 0 Å². The molecular weight excluding hydrogens is 321 g/mol. The predicted molar refractivity (Wildman–Crippen MR) is 65.5 cm³/mol. The average molecular weight is 330 g/mol. The van der Waals surface area contributed by atoms with Gasteiger partial charge in [-0.2, -0.15) is 0 Å². The zero-order valence-electron chi connectivity index (χ0n) is 9.02. The molecule has 0 fully saturated rings. The number of aliphatic imine (C=N–C) groups is 1. The quantitative estimate of drug-likeness (QED) is 0.593. The van der Waals surface area contributed by atoms with E-state index in [0.717, 1.165) is 5.69 Å². The van der Waals surface area contributed by atoms with Crippen molar-refractivity contribution < 1.29 is 21.2 Å². The van der Waals surface area contributed by atoms with Crippen LogP contribution in [0.4, 0.5) is 5.69 Å². The number of rotatable bonds is 0. The van der Waals surface area contributed by atoms with Gasteiger partial charge in [-0.3, -0.25) is 0 Å². The molecule has 81 valence electrons. The maximum absolute atomic E-state index is 4.82.